The van der Waals surface area contributed by atoms with Gasteiger partial charge in [0, 0.05) is 31.5 Å². The van der Waals surface area contributed by atoms with Crippen LogP contribution in [0.5, 0.6) is 0 Å². The average Bonchev–Trinajstić information content (AvgIpc) is 2.51. The van der Waals surface area contributed by atoms with Crippen molar-refractivity contribution in [3.8, 4) is 0 Å². The second kappa shape index (κ2) is 7.08. The van der Waals surface area contributed by atoms with Crippen LogP contribution in [0.1, 0.15) is 85.0 Å². The second-order valence-electron chi connectivity index (χ2n) is 11.4. The molecule has 0 aromatic carbocycles. The lowest BCUT2D eigenvalue weighted by molar-refractivity contribution is -0.136. The van der Waals surface area contributed by atoms with Gasteiger partial charge in [-0.2, -0.15) is 0 Å². The Hall–Kier alpha value is -1.06. The maximum Gasteiger partial charge on any atom is 0.223 e. The van der Waals surface area contributed by atoms with Crippen LogP contribution < -0.4 is 5.32 Å². The first-order chi connectivity index (χ1) is 12.7. The third-order valence-electron chi connectivity index (χ3n) is 7.72. The van der Waals surface area contributed by atoms with Crippen molar-refractivity contribution in [2.45, 2.75) is 90.5 Å². The number of amides is 2. The van der Waals surface area contributed by atoms with Crippen molar-refractivity contribution in [2.75, 3.05) is 13.1 Å². The number of carbonyl (C=O) groups excluding carboxylic acids is 2. The maximum atomic E-state index is 12.9. The van der Waals surface area contributed by atoms with Crippen LogP contribution in [0.15, 0.2) is 0 Å². The van der Waals surface area contributed by atoms with Crippen molar-refractivity contribution < 1.29 is 9.59 Å². The number of piperidine rings is 1. The standard InChI is InChI=1S/C23H38N2O2/c1-16-5-4-6-25(15-16)21(27)14-22(2,3)13-20(26)24-23-10-17-7-18(11-23)9-19(8-17)12-23/h16-19H,4-15H2,1-3H3,(H,24,26)/t16-,17?,18?,19?,23?/m1/s1. The Kier molecular flexibility index (Phi) is 5.05. The smallest absolute Gasteiger partial charge is 0.223 e. The quantitative estimate of drug-likeness (QED) is 0.786. The molecule has 4 nitrogen and oxygen atoms in total. The summed E-state index contributed by atoms with van der Waals surface area (Å²) in [5.74, 6) is 3.52. The van der Waals surface area contributed by atoms with Crippen molar-refractivity contribution in [2.24, 2.45) is 29.1 Å². The van der Waals surface area contributed by atoms with Gasteiger partial charge in [-0.05, 0) is 80.5 Å². The van der Waals surface area contributed by atoms with Gasteiger partial charge in [-0.15, -0.1) is 0 Å². The molecule has 5 rings (SSSR count). The number of rotatable bonds is 5. The van der Waals surface area contributed by atoms with Gasteiger partial charge in [0.25, 0.3) is 0 Å². The molecular weight excluding hydrogens is 336 g/mol. The van der Waals surface area contributed by atoms with Gasteiger partial charge in [0.15, 0.2) is 0 Å². The molecule has 27 heavy (non-hydrogen) atoms. The van der Waals surface area contributed by atoms with Crippen molar-refractivity contribution >= 4 is 11.8 Å². The van der Waals surface area contributed by atoms with Crippen molar-refractivity contribution in [1.82, 2.24) is 10.2 Å². The average molecular weight is 375 g/mol. The van der Waals surface area contributed by atoms with E-state index in [1.807, 2.05) is 4.90 Å². The molecule has 4 saturated carbocycles. The van der Waals surface area contributed by atoms with E-state index >= 15 is 0 Å². The number of hydrogen-bond acceptors (Lipinski definition) is 2. The lowest BCUT2D eigenvalue weighted by Crippen LogP contribution is -2.60. The molecule has 152 valence electrons. The third kappa shape index (κ3) is 4.35. The van der Waals surface area contributed by atoms with Gasteiger partial charge in [-0.3, -0.25) is 9.59 Å². The molecule has 0 aromatic heterocycles. The Bertz CT molecular complexity index is 562. The molecule has 0 spiro atoms. The zero-order chi connectivity index (χ0) is 19.2. The van der Waals surface area contributed by atoms with Gasteiger partial charge in [0.05, 0.1) is 0 Å². The Labute approximate surface area is 164 Å². The minimum absolute atomic E-state index is 0.0776. The highest BCUT2D eigenvalue weighted by Gasteiger charge is 2.51. The van der Waals surface area contributed by atoms with E-state index in [0.717, 1.165) is 37.3 Å². The topological polar surface area (TPSA) is 49.4 Å². The van der Waals surface area contributed by atoms with E-state index in [2.05, 4.69) is 26.1 Å². The summed E-state index contributed by atoms with van der Waals surface area (Å²) in [7, 11) is 0. The molecule has 1 saturated heterocycles. The van der Waals surface area contributed by atoms with E-state index < -0.39 is 0 Å². The van der Waals surface area contributed by atoms with Gasteiger partial charge < -0.3 is 10.2 Å². The molecule has 4 heteroatoms. The monoisotopic (exact) mass is 374 g/mol. The minimum atomic E-state index is -0.274. The van der Waals surface area contributed by atoms with Crippen molar-refractivity contribution in [3.63, 3.8) is 0 Å². The van der Waals surface area contributed by atoms with Crippen LogP contribution in [0.4, 0.5) is 0 Å². The first kappa shape index (κ1) is 19.3. The Morgan fingerprint density at radius 3 is 2.19 bits per heavy atom. The van der Waals surface area contributed by atoms with E-state index in [-0.39, 0.29) is 22.8 Å². The summed E-state index contributed by atoms with van der Waals surface area (Å²) >= 11 is 0. The lowest BCUT2D eigenvalue weighted by atomic mass is 9.53. The summed E-state index contributed by atoms with van der Waals surface area (Å²) in [6, 6.07) is 0. The van der Waals surface area contributed by atoms with Crippen molar-refractivity contribution in [1.29, 1.82) is 0 Å². The fraction of sp³-hybridized carbons (Fsp3) is 0.913. The highest BCUT2D eigenvalue weighted by Crippen LogP contribution is 2.55. The molecule has 0 aromatic rings. The van der Waals surface area contributed by atoms with Gasteiger partial charge in [0.1, 0.15) is 0 Å². The fourth-order valence-electron chi connectivity index (χ4n) is 7.04. The Morgan fingerprint density at radius 2 is 1.63 bits per heavy atom. The van der Waals surface area contributed by atoms with Gasteiger partial charge in [-0.1, -0.05) is 20.8 Å². The summed E-state index contributed by atoms with van der Waals surface area (Å²) in [5, 5.41) is 3.48. The molecule has 1 atom stereocenters. The lowest BCUT2D eigenvalue weighted by Gasteiger charge is -2.57. The second-order valence-corrected chi connectivity index (χ2v) is 11.4. The zero-order valence-corrected chi connectivity index (χ0v) is 17.6. The van der Waals surface area contributed by atoms with Crippen LogP contribution in [0.2, 0.25) is 0 Å². The Morgan fingerprint density at radius 1 is 1.04 bits per heavy atom. The first-order valence-electron chi connectivity index (χ1n) is 11.3. The summed E-state index contributed by atoms with van der Waals surface area (Å²) in [6.45, 7) is 8.16. The van der Waals surface area contributed by atoms with Crippen LogP contribution in [-0.2, 0) is 9.59 Å². The molecule has 2 amide bonds. The summed E-state index contributed by atoms with van der Waals surface area (Å²) in [5.41, 5.74) is -0.196. The molecule has 4 bridgehead atoms. The van der Waals surface area contributed by atoms with Crippen LogP contribution >= 0.6 is 0 Å². The first-order valence-corrected chi connectivity index (χ1v) is 11.3. The maximum absolute atomic E-state index is 12.9. The summed E-state index contributed by atoms with van der Waals surface area (Å²) in [4.78, 5) is 27.7. The highest BCUT2D eigenvalue weighted by atomic mass is 16.2. The van der Waals surface area contributed by atoms with Gasteiger partial charge in [0.2, 0.25) is 11.8 Å². The number of hydrogen-bond donors (Lipinski definition) is 1. The number of nitrogens with one attached hydrogen (secondary N) is 1. The van der Waals surface area contributed by atoms with Crippen molar-refractivity contribution in [3.05, 3.63) is 0 Å². The SMILES string of the molecule is C[C@@H]1CCCN(C(=O)CC(C)(C)CC(=O)NC23CC4CC(CC(C4)C2)C3)C1. The molecular formula is C23H38N2O2. The number of likely N-dealkylation sites (tertiary alicyclic amines) is 1. The van der Waals surface area contributed by atoms with Crippen LogP contribution in [0, 0.1) is 29.1 Å². The fourth-order valence-corrected chi connectivity index (χ4v) is 7.04. The van der Waals surface area contributed by atoms with Gasteiger partial charge in [-0.25, -0.2) is 0 Å². The minimum Gasteiger partial charge on any atom is -0.351 e. The molecule has 4 aliphatic carbocycles. The molecule has 5 fully saturated rings. The number of nitrogens with zero attached hydrogens (tertiary/aromatic N) is 1. The largest absolute Gasteiger partial charge is 0.351 e. The van der Waals surface area contributed by atoms with E-state index in [9.17, 15) is 9.59 Å². The summed E-state index contributed by atoms with van der Waals surface area (Å²) in [6.07, 6.45) is 11.0. The molecule has 0 unspecified atom stereocenters. The van der Waals surface area contributed by atoms with Crippen LogP contribution in [-0.4, -0.2) is 35.3 Å². The highest BCUT2D eigenvalue weighted by molar-refractivity contribution is 5.80. The number of carbonyl (C=O) groups is 2. The molecule has 0 radical (unpaired) electrons. The van der Waals surface area contributed by atoms with E-state index in [4.69, 9.17) is 0 Å². The predicted octanol–water partition coefficient (Wildman–Crippen LogP) is 4.14. The van der Waals surface area contributed by atoms with Gasteiger partial charge >= 0.3 is 0 Å². The van der Waals surface area contributed by atoms with E-state index in [0.29, 0.717) is 18.8 Å². The molecule has 1 N–H and O–H groups in total. The Balaban J connectivity index is 1.31. The van der Waals surface area contributed by atoms with E-state index in [1.54, 1.807) is 0 Å². The molecule has 5 aliphatic rings. The molecule has 1 aliphatic heterocycles. The van der Waals surface area contributed by atoms with Crippen LogP contribution in [0.25, 0.3) is 0 Å². The van der Waals surface area contributed by atoms with Crippen LogP contribution in [0.3, 0.4) is 0 Å². The summed E-state index contributed by atoms with van der Waals surface area (Å²) < 4.78 is 0. The third-order valence-corrected chi connectivity index (χ3v) is 7.72. The predicted molar refractivity (Wildman–Crippen MR) is 107 cm³/mol. The normalized spacial score (nSPS) is 38.1. The molecule has 1 heterocycles. The zero-order valence-electron chi connectivity index (χ0n) is 17.6. The van der Waals surface area contributed by atoms with E-state index in [1.165, 1.54) is 44.9 Å².